The van der Waals surface area contributed by atoms with Gasteiger partial charge in [-0.3, -0.25) is 24.5 Å². The van der Waals surface area contributed by atoms with Crippen molar-refractivity contribution in [3.63, 3.8) is 0 Å². The summed E-state index contributed by atoms with van der Waals surface area (Å²) in [4.78, 5) is 62.6. The molecule has 2 aliphatic carbocycles. The van der Waals surface area contributed by atoms with Gasteiger partial charge in [0, 0.05) is 17.2 Å². The summed E-state index contributed by atoms with van der Waals surface area (Å²) in [5.41, 5.74) is 0.645. The van der Waals surface area contributed by atoms with E-state index >= 15 is 0 Å². The van der Waals surface area contributed by atoms with E-state index in [1.807, 2.05) is 12.2 Å². The van der Waals surface area contributed by atoms with Gasteiger partial charge in [0.05, 0.1) is 28.0 Å². The number of rotatable bonds is 6. The van der Waals surface area contributed by atoms with Crippen LogP contribution in [0, 0.1) is 40.7 Å². The third kappa shape index (κ3) is 3.40. The molecule has 1 aliphatic heterocycles. The van der Waals surface area contributed by atoms with Crippen molar-refractivity contribution in [2.45, 2.75) is 13.3 Å². The summed E-state index contributed by atoms with van der Waals surface area (Å²) in [5, 5.41) is 11.1. The number of carbonyl (C=O) groups excluding carboxylic acids is 4. The number of nitro benzene ring substituents is 1. The molecule has 1 heterocycles. The molecule has 2 fully saturated rings. The highest BCUT2D eigenvalue weighted by atomic mass is 16.6. The zero-order chi connectivity index (χ0) is 24.1. The highest BCUT2D eigenvalue weighted by molar-refractivity contribution is 6.23. The number of ether oxygens (including phenoxy) is 1. The van der Waals surface area contributed by atoms with Gasteiger partial charge in [-0.25, -0.2) is 9.69 Å². The number of carbonyl (C=O) groups is 4. The van der Waals surface area contributed by atoms with Crippen molar-refractivity contribution in [2.75, 3.05) is 11.5 Å². The quantitative estimate of drug-likeness (QED) is 0.162. The fourth-order valence-electron chi connectivity index (χ4n) is 5.21. The number of imide groups is 1. The van der Waals surface area contributed by atoms with Crippen LogP contribution < -0.4 is 4.90 Å². The van der Waals surface area contributed by atoms with E-state index in [0.29, 0.717) is 11.3 Å². The van der Waals surface area contributed by atoms with Crippen molar-refractivity contribution in [1.29, 1.82) is 0 Å². The Bertz CT molecular complexity index is 1270. The minimum Gasteiger partial charge on any atom is -0.454 e. The second-order valence-electron chi connectivity index (χ2n) is 8.82. The predicted molar refractivity (Wildman–Crippen MR) is 119 cm³/mol. The second kappa shape index (κ2) is 8.02. The predicted octanol–water partition coefficient (Wildman–Crippen LogP) is 3.25. The number of hydrogen-bond acceptors (Lipinski definition) is 7. The van der Waals surface area contributed by atoms with Crippen molar-refractivity contribution in [3.05, 3.63) is 81.4 Å². The van der Waals surface area contributed by atoms with Crippen LogP contribution in [0.4, 0.5) is 11.4 Å². The van der Waals surface area contributed by atoms with Gasteiger partial charge in [-0.15, -0.1) is 0 Å². The number of amides is 2. The van der Waals surface area contributed by atoms with Gasteiger partial charge < -0.3 is 4.74 Å². The molecule has 0 radical (unpaired) electrons. The molecule has 0 unspecified atom stereocenters. The molecule has 0 aromatic heterocycles. The summed E-state index contributed by atoms with van der Waals surface area (Å²) in [6, 6.07) is 10.0. The molecular formula is C25H20N2O7. The normalized spacial score (nSPS) is 24.4. The summed E-state index contributed by atoms with van der Waals surface area (Å²) in [5.74, 6) is -2.46. The molecular weight excluding hydrogens is 440 g/mol. The van der Waals surface area contributed by atoms with Crippen LogP contribution >= 0.6 is 0 Å². The Labute approximate surface area is 194 Å². The van der Waals surface area contributed by atoms with E-state index in [9.17, 15) is 29.3 Å². The maximum atomic E-state index is 13.0. The number of benzene rings is 2. The SMILES string of the molecule is Cc1ccc(C(=O)COC(=O)c2cccc(N3C(=O)[C@@H]4[C@H](C3=O)[C@H]3C=C[C@H]4C3)c2)cc1[N+](=O)[O-]. The highest BCUT2D eigenvalue weighted by Gasteiger charge is 2.59. The van der Waals surface area contributed by atoms with E-state index in [0.717, 1.165) is 17.4 Å². The lowest BCUT2D eigenvalue weighted by atomic mass is 9.85. The number of ketones is 1. The fraction of sp³-hybridized carbons (Fsp3) is 0.280. The van der Waals surface area contributed by atoms with Gasteiger partial charge in [0.1, 0.15) is 0 Å². The summed E-state index contributed by atoms with van der Waals surface area (Å²) in [6.07, 6.45) is 4.84. The van der Waals surface area contributed by atoms with Crippen LogP contribution in [0.3, 0.4) is 0 Å². The van der Waals surface area contributed by atoms with Gasteiger partial charge in [0.2, 0.25) is 17.6 Å². The van der Waals surface area contributed by atoms with Crippen molar-refractivity contribution in [3.8, 4) is 0 Å². The van der Waals surface area contributed by atoms with Gasteiger partial charge in [-0.05, 0) is 43.4 Å². The van der Waals surface area contributed by atoms with Crippen molar-refractivity contribution in [1.82, 2.24) is 0 Å². The van der Waals surface area contributed by atoms with Crippen molar-refractivity contribution in [2.24, 2.45) is 23.7 Å². The van der Waals surface area contributed by atoms with Gasteiger partial charge >= 0.3 is 5.97 Å². The first kappa shape index (κ1) is 21.7. The number of esters is 1. The molecule has 0 N–H and O–H groups in total. The average Bonchev–Trinajstić information content (AvgIpc) is 3.51. The minimum atomic E-state index is -0.808. The number of allylic oxidation sites excluding steroid dienone is 2. The van der Waals surface area contributed by atoms with Crippen molar-refractivity contribution < 1.29 is 28.8 Å². The van der Waals surface area contributed by atoms with Gasteiger partial charge in [-0.1, -0.05) is 30.4 Å². The highest BCUT2D eigenvalue weighted by Crippen LogP contribution is 2.53. The fourth-order valence-corrected chi connectivity index (χ4v) is 5.21. The Balaban J connectivity index is 1.29. The van der Waals surface area contributed by atoms with Crippen LogP contribution in [0.2, 0.25) is 0 Å². The van der Waals surface area contributed by atoms with Crippen LogP contribution in [-0.4, -0.2) is 35.1 Å². The summed E-state index contributed by atoms with van der Waals surface area (Å²) >= 11 is 0. The first-order valence-electron chi connectivity index (χ1n) is 10.9. The zero-order valence-electron chi connectivity index (χ0n) is 18.2. The number of anilines is 1. The lowest BCUT2D eigenvalue weighted by Crippen LogP contribution is -2.33. The minimum absolute atomic E-state index is 0.0573. The first-order chi connectivity index (χ1) is 16.3. The van der Waals surface area contributed by atoms with Crippen LogP contribution in [-0.2, 0) is 14.3 Å². The Hall–Kier alpha value is -4.14. The molecule has 1 saturated heterocycles. The third-order valence-electron chi connectivity index (χ3n) is 6.87. The van der Waals surface area contributed by atoms with E-state index < -0.39 is 23.3 Å². The maximum absolute atomic E-state index is 13.0. The van der Waals surface area contributed by atoms with E-state index in [-0.39, 0.29) is 52.3 Å². The first-order valence-corrected chi connectivity index (χ1v) is 10.9. The lowest BCUT2D eigenvalue weighted by molar-refractivity contribution is -0.385. The largest absolute Gasteiger partial charge is 0.454 e. The molecule has 2 aromatic rings. The molecule has 4 atom stereocenters. The molecule has 3 aliphatic rings. The number of aryl methyl sites for hydroxylation is 1. The van der Waals surface area contributed by atoms with Gasteiger partial charge in [0.15, 0.2) is 6.61 Å². The average molecular weight is 460 g/mol. The van der Waals surface area contributed by atoms with Gasteiger partial charge in [0.25, 0.3) is 5.69 Å². The second-order valence-corrected chi connectivity index (χ2v) is 8.82. The molecule has 1 saturated carbocycles. The lowest BCUT2D eigenvalue weighted by Gasteiger charge is -2.18. The third-order valence-corrected chi connectivity index (χ3v) is 6.87. The smallest absolute Gasteiger partial charge is 0.338 e. The molecule has 2 aromatic carbocycles. The van der Waals surface area contributed by atoms with Crippen LogP contribution in [0.5, 0.6) is 0 Å². The standard InChI is InChI=1S/C25H20N2O7/c1-13-5-6-14(11-19(13)27(32)33)20(28)12-34-25(31)17-3-2-4-18(10-17)26-23(29)21-15-7-8-16(9-15)22(21)24(26)30/h2-8,10-11,15-16,21-22H,9,12H2,1H3/t15-,16-,21-,22+/m0/s1. The maximum Gasteiger partial charge on any atom is 0.338 e. The molecule has 2 amide bonds. The molecule has 172 valence electrons. The topological polar surface area (TPSA) is 124 Å². The summed E-state index contributed by atoms with van der Waals surface area (Å²) < 4.78 is 5.11. The Morgan fingerprint density at radius 1 is 1.03 bits per heavy atom. The molecule has 5 rings (SSSR count). The molecule has 9 nitrogen and oxygen atoms in total. The van der Waals surface area contributed by atoms with Crippen molar-refractivity contribution >= 4 is 34.9 Å². The van der Waals surface area contributed by atoms with E-state index in [4.69, 9.17) is 4.74 Å². The number of nitro groups is 1. The van der Waals surface area contributed by atoms with E-state index in [1.165, 1.54) is 24.3 Å². The van der Waals surface area contributed by atoms with E-state index in [1.54, 1.807) is 19.1 Å². The Morgan fingerprint density at radius 3 is 2.35 bits per heavy atom. The molecule has 34 heavy (non-hydrogen) atoms. The number of hydrogen-bond donors (Lipinski definition) is 0. The Morgan fingerprint density at radius 2 is 1.71 bits per heavy atom. The van der Waals surface area contributed by atoms with E-state index in [2.05, 4.69) is 0 Å². The summed E-state index contributed by atoms with van der Waals surface area (Å²) in [7, 11) is 0. The molecule has 9 heteroatoms. The van der Waals surface area contributed by atoms with Crippen LogP contribution in [0.15, 0.2) is 54.6 Å². The zero-order valence-corrected chi connectivity index (χ0v) is 18.2. The molecule has 2 bridgehead atoms. The number of Topliss-reactive ketones (excluding diaryl/α,β-unsaturated/α-hetero) is 1. The van der Waals surface area contributed by atoms with Gasteiger partial charge in [-0.2, -0.15) is 0 Å². The van der Waals surface area contributed by atoms with Crippen LogP contribution in [0.1, 0.15) is 32.7 Å². The number of fused-ring (bicyclic) bond motifs is 5. The van der Waals surface area contributed by atoms with Crippen LogP contribution in [0.25, 0.3) is 0 Å². The monoisotopic (exact) mass is 460 g/mol. The Kier molecular flexibility index (Phi) is 5.11. The molecule has 0 spiro atoms. The summed E-state index contributed by atoms with van der Waals surface area (Å²) in [6.45, 7) is 0.952. The number of nitrogens with zero attached hydrogens (tertiary/aromatic N) is 2.